The van der Waals surface area contributed by atoms with Gasteiger partial charge in [0.2, 0.25) is 0 Å². The van der Waals surface area contributed by atoms with Crippen molar-refractivity contribution in [3.63, 3.8) is 0 Å². The van der Waals surface area contributed by atoms with Crippen LogP contribution in [0.1, 0.15) is 29.0 Å². The number of amides is 1. The molecular weight excluding hydrogens is 410 g/mol. The lowest BCUT2D eigenvalue weighted by atomic mass is 9.98. The van der Waals surface area contributed by atoms with Gasteiger partial charge < -0.3 is 15.0 Å². The van der Waals surface area contributed by atoms with E-state index >= 15 is 0 Å². The summed E-state index contributed by atoms with van der Waals surface area (Å²) in [6, 6.07) is 24.9. The number of carbonyl (C=O) groups excluding carboxylic acids is 1. The number of fused-ring (bicyclic) bond motifs is 3. The van der Waals surface area contributed by atoms with Crippen molar-refractivity contribution in [2.75, 3.05) is 13.2 Å². The number of hydrogen-bond acceptors (Lipinski definition) is 3. The molecule has 0 radical (unpaired) electrons. The number of hydrogen-bond donors (Lipinski definition) is 2. The summed E-state index contributed by atoms with van der Waals surface area (Å²) in [5.41, 5.74) is 8.09. The fraction of sp³-hybridized carbons (Fsp3) is 0.143. The third-order valence-electron chi connectivity index (χ3n) is 5.95. The summed E-state index contributed by atoms with van der Waals surface area (Å²) in [6.07, 6.45) is 7.93. The molecule has 1 aliphatic carbocycles. The van der Waals surface area contributed by atoms with Gasteiger partial charge in [-0.05, 0) is 39.8 Å². The van der Waals surface area contributed by atoms with E-state index in [-0.39, 0.29) is 12.0 Å². The summed E-state index contributed by atoms with van der Waals surface area (Å²) in [4.78, 5) is 19.4. The van der Waals surface area contributed by atoms with Crippen LogP contribution in [0.25, 0.3) is 28.5 Å². The molecule has 5 nitrogen and oxygen atoms in total. The molecule has 5 rings (SSSR count). The van der Waals surface area contributed by atoms with Gasteiger partial charge in [0.05, 0.1) is 18.2 Å². The van der Waals surface area contributed by atoms with Crippen molar-refractivity contribution in [3.8, 4) is 22.4 Å². The Kier molecular flexibility index (Phi) is 6.02. The second-order valence-electron chi connectivity index (χ2n) is 8.03. The van der Waals surface area contributed by atoms with Gasteiger partial charge in [-0.25, -0.2) is 9.78 Å². The number of ether oxygens (including phenoxy) is 1. The first kappa shape index (κ1) is 20.8. The van der Waals surface area contributed by atoms with Gasteiger partial charge in [0.15, 0.2) is 0 Å². The maximum atomic E-state index is 12.2. The molecule has 0 saturated carbocycles. The molecule has 33 heavy (non-hydrogen) atoms. The van der Waals surface area contributed by atoms with E-state index < -0.39 is 0 Å². The Hall–Kier alpha value is -4.12. The molecule has 0 spiro atoms. The second kappa shape index (κ2) is 9.57. The van der Waals surface area contributed by atoms with Gasteiger partial charge in [0.25, 0.3) is 0 Å². The zero-order valence-electron chi connectivity index (χ0n) is 18.2. The Bertz CT molecular complexity index is 1220. The number of carbonyl (C=O) groups is 1. The van der Waals surface area contributed by atoms with Crippen molar-refractivity contribution in [2.24, 2.45) is 0 Å². The van der Waals surface area contributed by atoms with Crippen LogP contribution in [0.4, 0.5) is 4.79 Å². The molecule has 0 atom stereocenters. The lowest BCUT2D eigenvalue weighted by molar-refractivity contribution is 0.143. The van der Waals surface area contributed by atoms with Gasteiger partial charge in [0.1, 0.15) is 6.61 Å². The largest absolute Gasteiger partial charge is 0.449 e. The number of rotatable bonds is 7. The van der Waals surface area contributed by atoms with E-state index in [1.807, 2.05) is 24.3 Å². The topological polar surface area (TPSA) is 67.0 Å². The summed E-state index contributed by atoms with van der Waals surface area (Å²) >= 11 is 0. The summed E-state index contributed by atoms with van der Waals surface area (Å²) in [5, 5.41) is 2.84. The predicted molar refractivity (Wildman–Crippen MR) is 131 cm³/mol. The minimum Gasteiger partial charge on any atom is -0.449 e. The predicted octanol–water partition coefficient (Wildman–Crippen LogP) is 6.02. The van der Waals surface area contributed by atoms with Crippen molar-refractivity contribution in [1.29, 1.82) is 0 Å². The van der Waals surface area contributed by atoms with Crippen LogP contribution in [-0.4, -0.2) is 29.2 Å². The quantitative estimate of drug-likeness (QED) is 0.349. The number of aromatic amines is 1. The van der Waals surface area contributed by atoms with Gasteiger partial charge in [-0.3, -0.25) is 0 Å². The van der Waals surface area contributed by atoms with Crippen LogP contribution in [0.2, 0.25) is 0 Å². The van der Waals surface area contributed by atoms with Crippen LogP contribution in [0.3, 0.4) is 0 Å². The van der Waals surface area contributed by atoms with Gasteiger partial charge in [-0.15, -0.1) is 0 Å². The Labute approximate surface area is 193 Å². The molecule has 1 amide bonds. The monoisotopic (exact) mass is 435 g/mol. The third-order valence-corrected chi connectivity index (χ3v) is 5.95. The van der Waals surface area contributed by atoms with Crippen LogP contribution in [0, 0.1) is 0 Å². The van der Waals surface area contributed by atoms with Crippen LogP contribution in [-0.2, 0) is 4.74 Å². The lowest BCUT2D eigenvalue weighted by Crippen LogP contribution is -2.26. The Balaban J connectivity index is 1.09. The average Bonchev–Trinajstić information content (AvgIpc) is 3.50. The molecule has 0 fully saturated rings. The molecule has 1 aromatic heterocycles. The standard InChI is InChI=1S/C28H25N3O2/c32-28(30-16-6-5-7-20-12-14-21(15-13-20)27-17-29-19-31-27)33-18-26-24-10-3-1-8-22(24)23-9-2-4-11-25(23)26/h1-5,7-15,17,19,26H,6,16,18H2,(H,29,31)(H,30,32). The molecule has 0 unspecified atom stereocenters. The van der Waals surface area contributed by atoms with Gasteiger partial charge >= 0.3 is 6.09 Å². The van der Waals surface area contributed by atoms with Crippen molar-refractivity contribution in [2.45, 2.75) is 12.3 Å². The number of alkyl carbamates (subject to hydrolysis) is 1. The number of aromatic nitrogens is 2. The number of nitrogens with one attached hydrogen (secondary N) is 2. The molecule has 0 bridgehead atoms. The summed E-state index contributed by atoms with van der Waals surface area (Å²) in [7, 11) is 0. The normalized spacial score (nSPS) is 12.5. The van der Waals surface area contributed by atoms with Crippen molar-refractivity contribution in [3.05, 3.63) is 108 Å². The SMILES string of the molecule is O=C(NCCC=Cc1ccc(-c2cnc[nH]2)cc1)OCC1c2ccccc2-c2ccccc21. The molecule has 5 heteroatoms. The highest BCUT2D eigenvalue weighted by molar-refractivity contribution is 5.79. The first-order valence-electron chi connectivity index (χ1n) is 11.1. The summed E-state index contributed by atoms with van der Waals surface area (Å²) in [5.74, 6) is 0.0766. The maximum Gasteiger partial charge on any atom is 0.407 e. The molecule has 1 heterocycles. The fourth-order valence-corrected chi connectivity index (χ4v) is 4.31. The maximum absolute atomic E-state index is 12.2. The molecule has 2 N–H and O–H groups in total. The molecule has 0 aliphatic heterocycles. The molecule has 3 aromatic carbocycles. The zero-order chi connectivity index (χ0) is 22.5. The van der Waals surface area contributed by atoms with Gasteiger partial charge in [-0.1, -0.05) is 84.9 Å². The molecule has 0 saturated heterocycles. The van der Waals surface area contributed by atoms with Gasteiger partial charge in [-0.2, -0.15) is 0 Å². The number of nitrogens with zero attached hydrogens (tertiary/aromatic N) is 1. The first-order chi connectivity index (χ1) is 16.3. The average molecular weight is 436 g/mol. The highest BCUT2D eigenvalue weighted by atomic mass is 16.5. The van der Waals surface area contributed by atoms with Crippen LogP contribution >= 0.6 is 0 Å². The molecule has 4 aromatic rings. The zero-order valence-corrected chi connectivity index (χ0v) is 18.2. The van der Waals surface area contributed by atoms with Crippen molar-refractivity contribution < 1.29 is 9.53 Å². The Morgan fingerprint density at radius 3 is 2.33 bits per heavy atom. The number of H-pyrrole nitrogens is 1. The van der Waals surface area contributed by atoms with E-state index in [2.05, 4.69) is 76.0 Å². The van der Waals surface area contributed by atoms with Crippen molar-refractivity contribution >= 4 is 12.2 Å². The van der Waals surface area contributed by atoms with E-state index in [9.17, 15) is 4.79 Å². The highest BCUT2D eigenvalue weighted by Crippen LogP contribution is 2.44. The van der Waals surface area contributed by atoms with Crippen LogP contribution in [0.5, 0.6) is 0 Å². The smallest absolute Gasteiger partial charge is 0.407 e. The minimum absolute atomic E-state index is 0.0766. The van der Waals surface area contributed by atoms with E-state index in [0.29, 0.717) is 13.2 Å². The van der Waals surface area contributed by atoms with Crippen LogP contribution < -0.4 is 5.32 Å². The second-order valence-corrected chi connectivity index (χ2v) is 8.03. The molecule has 1 aliphatic rings. The minimum atomic E-state index is -0.380. The van der Waals surface area contributed by atoms with E-state index in [1.165, 1.54) is 22.3 Å². The first-order valence-corrected chi connectivity index (χ1v) is 11.1. The number of benzene rings is 3. The summed E-state index contributed by atoms with van der Waals surface area (Å²) in [6.45, 7) is 0.859. The summed E-state index contributed by atoms with van der Waals surface area (Å²) < 4.78 is 5.57. The highest BCUT2D eigenvalue weighted by Gasteiger charge is 2.28. The van der Waals surface area contributed by atoms with E-state index in [4.69, 9.17) is 4.74 Å². The van der Waals surface area contributed by atoms with E-state index in [1.54, 1.807) is 12.5 Å². The van der Waals surface area contributed by atoms with Crippen molar-refractivity contribution in [1.82, 2.24) is 15.3 Å². The third kappa shape index (κ3) is 4.58. The molecular formula is C28H25N3O2. The Morgan fingerprint density at radius 2 is 1.67 bits per heavy atom. The Morgan fingerprint density at radius 1 is 0.970 bits per heavy atom. The molecule has 164 valence electrons. The lowest BCUT2D eigenvalue weighted by Gasteiger charge is -2.14. The number of imidazole rings is 1. The van der Waals surface area contributed by atoms with E-state index in [0.717, 1.165) is 23.2 Å². The van der Waals surface area contributed by atoms with Crippen LogP contribution in [0.15, 0.2) is 91.4 Å². The fourth-order valence-electron chi connectivity index (χ4n) is 4.31. The van der Waals surface area contributed by atoms with Gasteiger partial charge in [0, 0.05) is 12.5 Å².